The molecule has 4 nitrogen and oxygen atoms in total. The van der Waals surface area contributed by atoms with E-state index in [4.69, 9.17) is 16.3 Å². The minimum atomic E-state index is -0.219. The Morgan fingerprint density at radius 2 is 1.96 bits per heavy atom. The van der Waals surface area contributed by atoms with Gasteiger partial charge in [-0.15, -0.1) is 11.8 Å². The van der Waals surface area contributed by atoms with Gasteiger partial charge in [-0.05, 0) is 43.5 Å². The molecule has 0 saturated heterocycles. The fourth-order valence-electron chi connectivity index (χ4n) is 2.46. The molecule has 134 valence electrons. The largest absolute Gasteiger partial charge is 0.495 e. The van der Waals surface area contributed by atoms with Crippen LogP contribution in [0.2, 0.25) is 5.02 Å². The molecule has 2 aromatic carbocycles. The molecule has 0 radical (unpaired) electrons. The summed E-state index contributed by atoms with van der Waals surface area (Å²) < 4.78 is 5.28. The Bertz CT molecular complexity index is 722. The van der Waals surface area contributed by atoms with E-state index >= 15 is 0 Å². The maximum absolute atomic E-state index is 12.6. The number of hydrogen-bond donors (Lipinski definition) is 2. The molecule has 0 heterocycles. The van der Waals surface area contributed by atoms with Crippen molar-refractivity contribution < 1.29 is 14.4 Å². The molecule has 0 aliphatic heterocycles. The highest BCUT2D eigenvalue weighted by Gasteiger charge is 2.23. The number of carbonyl (C=O) groups excluding carboxylic acids is 1. The molecule has 25 heavy (non-hydrogen) atoms. The van der Waals surface area contributed by atoms with Crippen LogP contribution in [0.3, 0.4) is 0 Å². The third-order valence-electron chi connectivity index (χ3n) is 4.19. The molecule has 0 bridgehead atoms. The van der Waals surface area contributed by atoms with Crippen LogP contribution in [0.4, 0.5) is 5.69 Å². The number of nitrogens with one attached hydrogen (secondary N) is 2. The van der Waals surface area contributed by atoms with Crippen molar-refractivity contribution in [3.63, 3.8) is 0 Å². The molecule has 0 aliphatic carbocycles. The summed E-state index contributed by atoms with van der Waals surface area (Å²) in [5.41, 5.74) is 1.79. The Kier molecular flexibility index (Phi) is 7.17. The van der Waals surface area contributed by atoms with Gasteiger partial charge in [0.2, 0.25) is 0 Å². The van der Waals surface area contributed by atoms with Gasteiger partial charge in [0.1, 0.15) is 12.3 Å². The molecular weight excluding hydrogens is 356 g/mol. The Morgan fingerprint density at radius 3 is 2.56 bits per heavy atom. The smallest absolute Gasteiger partial charge is 0.282 e. The summed E-state index contributed by atoms with van der Waals surface area (Å²) in [6.07, 6.45) is 2.06. The van der Waals surface area contributed by atoms with Gasteiger partial charge in [0.05, 0.1) is 19.8 Å². The lowest BCUT2D eigenvalue weighted by atomic mass is 10.2. The van der Waals surface area contributed by atoms with Crippen molar-refractivity contribution in [1.82, 2.24) is 0 Å². The molecule has 0 spiro atoms. The van der Waals surface area contributed by atoms with Gasteiger partial charge in [-0.2, -0.15) is 0 Å². The van der Waals surface area contributed by atoms with E-state index in [9.17, 15) is 4.79 Å². The quantitative estimate of drug-likeness (QED) is 0.726. The van der Waals surface area contributed by atoms with Gasteiger partial charge in [-0.1, -0.05) is 23.7 Å². The number of anilines is 1. The lowest BCUT2D eigenvalue weighted by Gasteiger charge is -2.21. The molecule has 1 amide bonds. The third kappa shape index (κ3) is 5.39. The zero-order chi connectivity index (χ0) is 18.4. The fourth-order valence-corrected chi connectivity index (χ4v) is 3.04. The van der Waals surface area contributed by atoms with E-state index in [0.29, 0.717) is 16.5 Å². The summed E-state index contributed by atoms with van der Waals surface area (Å²) in [4.78, 5) is 14.9. The zero-order valence-corrected chi connectivity index (χ0v) is 16.5. The van der Waals surface area contributed by atoms with Crippen LogP contribution in [0.1, 0.15) is 12.5 Å². The minimum absolute atomic E-state index is 0.0706. The Hall–Kier alpha value is -1.69. The number of methoxy groups -OCH3 is 1. The van der Waals surface area contributed by atoms with Crippen molar-refractivity contribution in [3.8, 4) is 5.75 Å². The van der Waals surface area contributed by atoms with Gasteiger partial charge >= 0.3 is 0 Å². The molecule has 2 N–H and O–H groups in total. The number of ether oxygens (including phenoxy) is 1. The van der Waals surface area contributed by atoms with Crippen LogP contribution in [0.5, 0.6) is 5.75 Å². The predicted molar refractivity (Wildman–Crippen MR) is 105 cm³/mol. The van der Waals surface area contributed by atoms with Gasteiger partial charge in [0.25, 0.3) is 5.91 Å². The highest BCUT2D eigenvalue weighted by atomic mass is 35.5. The average Bonchev–Trinajstić information content (AvgIpc) is 2.61. The highest BCUT2D eigenvalue weighted by Crippen LogP contribution is 2.27. The number of rotatable bonds is 7. The summed E-state index contributed by atoms with van der Waals surface area (Å²) in [6, 6.07) is 13.4. The van der Waals surface area contributed by atoms with E-state index in [1.54, 1.807) is 37.1 Å². The van der Waals surface area contributed by atoms with Crippen molar-refractivity contribution in [2.24, 2.45) is 0 Å². The first-order chi connectivity index (χ1) is 11.9. The second kappa shape index (κ2) is 9.13. The van der Waals surface area contributed by atoms with Crippen LogP contribution in [-0.4, -0.2) is 32.4 Å². The molecule has 2 aromatic rings. The number of carbonyl (C=O) groups is 1. The van der Waals surface area contributed by atoms with Gasteiger partial charge < -0.3 is 15.0 Å². The Morgan fingerprint density at radius 1 is 1.28 bits per heavy atom. The SMILES string of the molecule is COc1ccc(Cl)cc1NC(=O)[C@H](C)[NH+](C)Cc1ccc(SC)cc1. The predicted octanol–water partition coefficient (Wildman–Crippen LogP) is 3.11. The highest BCUT2D eigenvalue weighted by molar-refractivity contribution is 7.98. The number of likely N-dealkylation sites (N-methyl/N-ethyl adjacent to an activating group) is 1. The molecule has 0 aliphatic rings. The van der Waals surface area contributed by atoms with Gasteiger partial charge in [-0.3, -0.25) is 4.79 Å². The minimum Gasteiger partial charge on any atom is -0.495 e. The van der Waals surface area contributed by atoms with Gasteiger partial charge in [-0.25, -0.2) is 0 Å². The summed E-state index contributed by atoms with van der Waals surface area (Å²) >= 11 is 7.74. The lowest BCUT2D eigenvalue weighted by Crippen LogP contribution is -3.12. The van der Waals surface area contributed by atoms with E-state index in [1.165, 1.54) is 10.5 Å². The van der Waals surface area contributed by atoms with Gasteiger partial charge in [0, 0.05) is 15.5 Å². The number of thioether (sulfide) groups is 1. The maximum atomic E-state index is 12.6. The van der Waals surface area contributed by atoms with Crippen LogP contribution in [0.15, 0.2) is 47.4 Å². The van der Waals surface area contributed by atoms with Crippen molar-refractivity contribution in [3.05, 3.63) is 53.1 Å². The van der Waals surface area contributed by atoms with Crippen LogP contribution >= 0.6 is 23.4 Å². The number of hydrogen-bond acceptors (Lipinski definition) is 3. The van der Waals surface area contributed by atoms with Gasteiger partial charge in [0.15, 0.2) is 6.04 Å². The Balaban J connectivity index is 2.02. The summed E-state index contributed by atoms with van der Waals surface area (Å²) in [5, 5.41) is 3.47. The van der Waals surface area contributed by atoms with E-state index < -0.39 is 0 Å². The van der Waals surface area contributed by atoms with Crippen molar-refractivity contribution in [2.45, 2.75) is 24.4 Å². The van der Waals surface area contributed by atoms with E-state index in [-0.39, 0.29) is 11.9 Å². The van der Waals surface area contributed by atoms with E-state index in [0.717, 1.165) is 11.4 Å². The molecule has 2 atom stereocenters. The van der Waals surface area contributed by atoms with Crippen molar-refractivity contribution >= 4 is 35.0 Å². The van der Waals surface area contributed by atoms with Crippen LogP contribution < -0.4 is 15.0 Å². The lowest BCUT2D eigenvalue weighted by molar-refractivity contribution is -0.907. The van der Waals surface area contributed by atoms with Crippen molar-refractivity contribution in [2.75, 3.05) is 25.7 Å². The van der Waals surface area contributed by atoms with Crippen LogP contribution in [0.25, 0.3) is 0 Å². The van der Waals surface area contributed by atoms with E-state index in [1.807, 2.05) is 14.0 Å². The van der Waals surface area contributed by atoms with E-state index in [2.05, 4.69) is 35.8 Å². The fraction of sp³-hybridized carbons (Fsp3) is 0.316. The standard InChI is InChI=1S/C19H23ClN2O2S/c1-13(22(2)12-14-5-8-16(25-4)9-6-14)19(23)21-17-11-15(20)7-10-18(17)24-3/h5-11,13H,12H2,1-4H3,(H,21,23)/p+1/t13-/m0/s1. The zero-order valence-electron chi connectivity index (χ0n) is 14.9. The van der Waals surface area contributed by atoms with Crippen LogP contribution in [-0.2, 0) is 11.3 Å². The number of halogens is 1. The number of amides is 1. The Labute approximate surface area is 158 Å². The monoisotopic (exact) mass is 379 g/mol. The summed E-state index contributed by atoms with van der Waals surface area (Å²) in [7, 11) is 3.58. The molecule has 0 aromatic heterocycles. The molecule has 0 saturated carbocycles. The molecule has 0 fully saturated rings. The molecule has 6 heteroatoms. The average molecular weight is 380 g/mol. The molecule has 1 unspecified atom stereocenters. The van der Waals surface area contributed by atoms with Crippen molar-refractivity contribution in [1.29, 1.82) is 0 Å². The number of quaternary nitrogens is 1. The number of benzene rings is 2. The second-order valence-corrected chi connectivity index (χ2v) is 7.24. The second-order valence-electron chi connectivity index (χ2n) is 5.93. The van der Waals surface area contributed by atoms with Crippen LogP contribution in [0, 0.1) is 0 Å². The first-order valence-corrected chi connectivity index (χ1v) is 9.64. The first-order valence-electron chi connectivity index (χ1n) is 8.04. The topological polar surface area (TPSA) is 42.8 Å². The summed E-state index contributed by atoms with van der Waals surface area (Å²) in [6.45, 7) is 2.69. The molecule has 2 rings (SSSR count). The third-order valence-corrected chi connectivity index (χ3v) is 5.17. The normalized spacial score (nSPS) is 13.2. The summed E-state index contributed by atoms with van der Waals surface area (Å²) in [5.74, 6) is 0.522. The first kappa shape index (κ1) is 19.6. The maximum Gasteiger partial charge on any atom is 0.282 e. The molecular formula is C19H24ClN2O2S+.